The molecule has 7 nitrogen and oxygen atoms in total. The molecule has 0 spiro atoms. The summed E-state index contributed by atoms with van der Waals surface area (Å²) in [5, 5.41) is 17.3. The fourth-order valence-corrected chi connectivity index (χ4v) is 1.55. The van der Waals surface area contributed by atoms with Crippen molar-refractivity contribution in [3.8, 4) is 0 Å². The van der Waals surface area contributed by atoms with Crippen molar-refractivity contribution in [1.29, 1.82) is 0 Å². The first-order valence-corrected chi connectivity index (χ1v) is 5.25. The van der Waals surface area contributed by atoms with E-state index in [9.17, 15) is 18.0 Å². The van der Waals surface area contributed by atoms with Crippen molar-refractivity contribution >= 4 is 22.1 Å². The van der Waals surface area contributed by atoms with Gasteiger partial charge in [-0.15, -0.1) is 0 Å². The molecule has 0 aliphatic carbocycles. The average Bonchev–Trinajstić information content (AvgIpc) is 2.15. The van der Waals surface area contributed by atoms with E-state index in [0.29, 0.717) is 6.07 Å². The monoisotopic (exact) mass is 285 g/mol. The molecule has 0 fully saturated rings. The van der Waals surface area contributed by atoms with Gasteiger partial charge in [-0.1, -0.05) is 0 Å². The van der Waals surface area contributed by atoms with Gasteiger partial charge in [0, 0.05) is 0 Å². The van der Waals surface area contributed by atoms with Crippen LogP contribution in [-0.4, -0.2) is 35.1 Å². The Morgan fingerprint density at radius 1 is 1.00 bits per heavy atom. The number of aromatic carboxylic acids is 2. The molecule has 0 saturated heterocycles. The zero-order chi connectivity index (χ0) is 12.5. The van der Waals surface area contributed by atoms with Gasteiger partial charge in [0.1, 0.15) is 0 Å². The fourth-order valence-electron chi connectivity index (χ4n) is 1.05. The van der Waals surface area contributed by atoms with E-state index in [-0.39, 0.29) is 51.4 Å². The second-order valence-corrected chi connectivity index (χ2v) is 4.21. The van der Waals surface area contributed by atoms with E-state index in [1.807, 2.05) is 0 Å². The fraction of sp³-hybridized carbons (Fsp3) is 0. The van der Waals surface area contributed by atoms with Crippen molar-refractivity contribution in [3.63, 3.8) is 0 Å². The maximum atomic E-state index is 10.7. The van der Waals surface area contributed by atoms with E-state index in [0.717, 1.165) is 12.1 Å². The van der Waals surface area contributed by atoms with Crippen LogP contribution in [0.4, 0.5) is 0 Å². The van der Waals surface area contributed by atoms with Crippen molar-refractivity contribution in [3.05, 3.63) is 29.3 Å². The predicted molar refractivity (Wildman–Crippen MR) is 50.2 cm³/mol. The maximum Gasteiger partial charge on any atom is 1.00 e. The van der Waals surface area contributed by atoms with E-state index < -0.39 is 38.1 Å². The molecule has 0 aromatic heterocycles. The van der Waals surface area contributed by atoms with Crippen LogP contribution in [0.2, 0.25) is 0 Å². The van der Waals surface area contributed by atoms with Gasteiger partial charge in [-0.25, -0.2) is 9.59 Å². The summed E-state index contributed by atoms with van der Waals surface area (Å²) in [4.78, 5) is 20.6. The Kier molecular flexibility index (Phi) is 5.94. The number of carboxylic acid groups (broad SMARTS) is 2. The first kappa shape index (κ1) is 16.7. The van der Waals surface area contributed by atoms with Crippen molar-refractivity contribution < 1.29 is 84.2 Å². The number of carbonyl (C=O) groups is 2. The van der Waals surface area contributed by atoms with Gasteiger partial charge in [0.2, 0.25) is 0 Å². The second kappa shape index (κ2) is 6.04. The molecule has 1 aromatic carbocycles. The van der Waals surface area contributed by atoms with Gasteiger partial charge in [-0.3, -0.25) is 4.55 Å². The van der Waals surface area contributed by atoms with Crippen LogP contribution in [0.15, 0.2) is 23.1 Å². The summed E-state index contributed by atoms with van der Waals surface area (Å²) in [5.74, 6) is -3.10. The van der Waals surface area contributed by atoms with Gasteiger partial charge in [-0.2, -0.15) is 8.42 Å². The van der Waals surface area contributed by atoms with E-state index in [2.05, 4.69) is 0 Å². The van der Waals surface area contributed by atoms with Gasteiger partial charge >= 0.3 is 63.3 Å². The Hall–Kier alpha value is -0.294. The molecule has 1 rings (SSSR count). The quantitative estimate of drug-likeness (QED) is 0.408. The van der Waals surface area contributed by atoms with Crippen molar-refractivity contribution in [1.82, 2.24) is 0 Å². The number of hydrogen-bond donors (Lipinski definition) is 3. The maximum absolute atomic E-state index is 10.7. The Morgan fingerprint density at radius 2 is 1.47 bits per heavy atom. The van der Waals surface area contributed by atoms with Crippen LogP contribution in [0.3, 0.4) is 0 Å². The summed E-state index contributed by atoms with van der Waals surface area (Å²) in [6, 6.07) is 2.20. The molecule has 1 aromatic rings. The van der Waals surface area contributed by atoms with E-state index in [4.69, 9.17) is 14.8 Å². The number of hydrogen-bond acceptors (Lipinski definition) is 4. The summed E-state index contributed by atoms with van der Waals surface area (Å²) >= 11 is 0. The van der Waals surface area contributed by atoms with E-state index >= 15 is 0 Å². The number of carboxylic acids is 2. The molecule has 17 heavy (non-hydrogen) atoms. The normalized spacial score (nSPS) is 10.4. The molecule has 0 amide bonds. The molecular weight excluding hydrogens is 279 g/mol. The molecule has 86 valence electrons. The third-order valence-corrected chi connectivity index (χ3v) is 2.60. The van der Waals surface area contributed by atoms with Crippen LogP contribution in [0, 0.1) is 0 Å². The summed E-state index contributed by atoms with van der Waals surface area (Å²) in [6.45, 7) is 0. The second-order valence-electron chi connectivity index (χ2n) is 2.79. The molecule has 9 heteroatoms. The van der Waals surface area contributed by atoms with Crippen LogP contribution < -0.4 is 51.4 Å². The largest absolute Gasteiger partial charge is 1.00 e. The molecule has 0 radical (unpaired) electrons. The summed E-state index contributed by atoms with van der Waals surface area (Å²) < 4.78 is 30.1. The zero-order valence-electron chi connectivity index (χ0n) is 8.61. The third kappa shape index (κ3) is 4.14. The molecule has 3 N–H and O–H groups in total. The summed E-state index contributed by atoms with van der Waals surface area (Å²) in [7, 11) is -4.56. The SMILES string of the molecule is O=C(O)c1ccc(S(=O)(=O)O)cc1C(=O)O.[K+]. The minimum Gasteiger partial charge on any atom is -0.478 e. The minimum absolute atomic E-state index is 0. The van der Waals surface area contributed by atoms with Crippen molar-refractivity contribution in [2.24, 2.45) is 0 Å². The van der Waals surface area contributed by atoms with Gasteiger partial charge in [0.25, 0.3) is 10.1 Å². The van der Waals surface area contributed by atoms with Gasteiger partial charge < -0.3 is 10.2 Å². The number of rotatable bonds is 3. The molecule has 0 saturated carbocycles. The molecule has 0 atom stereocenters. The van der Waals surface area contributed by atoms with Crippen LogP contribution in [0.25, 0.3) is 0 Å². The summed E-state index contributed by atoms with van der Waals surface area (Å²) in [6.07, 6.45) is 0. The number of benzene rings is 1. The average molecular weight is 285 g/mol. The first-order valence-electron chi connectivity index (χ1n) is 3.81. The van der Waals surface area contributed by atoms with Crippen molar-refractivity contribution in [2.45, 2.75) is 4.90 Å². The zero-order valence-corrected chi connectivity index (χ0v) is 12.6. The Labute approximate surface area is 139 Å². The van der Waals surface area contributed by atoms with E-state index in [1.54, 1.807) is 0 Å². The molecule has 0 unspecified atom stereocenters. The van der Waals surface area contributed by atoms with Gasteiger partial charge in [0.05, 0.1) is 16.0 Å². The Morgan fingerprint density at radius 3 is 1.82 bits per heavy atom. The smallest absolute Gasteiger partial charge is 0.478 e. The van der Waals surface area contributed by atoms with Crippen LogP contribution in [0.5, 0.6) is 0 Å². The Balaban J connectivity index is 0.00000256. The topological polar surface area (TPSA) is 129 Å². The predicted octanol–water partition coefficient (Wildman–Crippen LogP) is -2.67. The molecular formula is C8H6KO7S+. The van der Waals surface area contributed by atoms with Crippen LogP contribution >= 0.6 is 0 Å². The third-order valence-electron chi connectivity index (χ3n) is 1.75. The van der Waals surface area contributed by atoms with Gasteiger partial charge in [0.15, 0.2) is 0 Å². The molecule has 0 bridgehead atoms. The molecule has 0 heterocycles. The van der Waals surface area contributed by atoms with Gasteiger partial charge in [-0.05, 0) is 18.2 Å². The minimum atomic E-state index is -4.56. The van der Waals surface area contributed by atoms with Crippen molar-refractivity contribution in [2.75, 3.05) is 0 Å². The standard InChI is InChI=1S/C8H6O7S.K/c9-7(10)5-2-1-4(16(13,14)15)3-6(5)8(11)12;/h1-3H,(H,9,10)(H,11,12)(H,13,14,15);/q;+1. The van der Waals surface area contributed by atoms with E-state index in [1.165, 1.54) is 0 Å². The molecule has 0 aliphatic rings. The summed E-state index contributed by atoms with van der Waals surface area (Å²) in [5.41, 5.74) is -1.26. The van der Waals surface area contributed by atoms with Crippen LogP contribution in [0.1, 0.15) is 20.7 Å². The Bertz CT molecular complexity index is 563. The van der Waals surface area contributed by atoms with Crippen LogP contribution in [-0.2, 0) is 10.1 Å². The molecule has 0 aliphatic heterocycles. The first-order chi connectivity index (χ1) is 7.23.